The monoisotopic (exact) mass is 375 g/mol. The maximum absolute atomic E-state index is 13.4. The first kappa shape index (κ1) is 17.3. The van der Waals surface area contributed by atoms with E-state index in [0.717, 1.165) is 16.5 Å². The van der Waals surface area contributed by atoms with E-state index in [-0.39, 0.29) is 5.56 Å². The van der Waals surface area contributed by atoms with Crippen LogP contribution in [-0.2, 0) is 0 Å². The molecule has 0 bridgehead atoms. The molecule has 2 heterocycles. The van der Waals surface area contributed by atoms with Crippen molar-refractivity contribution in [3.05, 3.63) is 58.4 Å². The highest BCUT2D eigenvalue weighted by Gasteiger charge is 2.19. The predicted molar refractivity (Wildman–Crippen MR) is 110 cm³/mol. The SMILES string of the molecule is C#CCSc1nc2c([nH]c3ccccc32)c(=O)n1-c1cc(C)ccc1OC. The highest BCUT2D eigenvalue weighted by Crippen LogP contribution is 2.30. The van der Waals surface area contributed by atoms with Crippen LogP contribution in [0.15, 0.2) is 52.4 Å². The van der Waals surface area contributed by atoms with Gasteiger partial charge >= 0.3 is 0 Å². The molecule has 27 heavy (non-hydrogen) atoms. The third-order valence-corrected chi connectivity index (χ3v) is 5.20. The average Bonchev–Trinajstić information content (AvgIpc) is 3.05. The van der Waals surface area contributed by atoms with E-state index in [2.05, 4.69) is 10.9 Å². The number of rotatable bonds is 4. The number of hydrogen-bond acceptors (Lipinski definition) is 4. The second kappa shape index (κ2) is 6.86. The standard InChI is InChI=1S/C21H17N3O2S/c1-4-11-27-21-23-18-14-7-5-6-8-15(14)22-19(18)20(25)24(21)16-12-13(2)9-10-17(16)26-3/h1,5-10,12,22H,11H2,2-3H3. The van der Waals surface area contributed by atoms with E-state index >= 15 is 0 Å². The second-order valence-corrected chi connectivity index (χ2v) is 7.04. The number of aromatic amines is 1. The molecule has 0 radical (unpaired) electrons. The van der Waals surface area contributed by atoms with Crippen LogP contribution in [0.4, 0.5) is 0 Å². The summed E-state index contributed by atoms with van der Waals surface area (Å²) in [4.78, 5) is 21.4. The summed E-state index contributed by atoms with van der Waals surface area (Å²) in [5.74, 6) is 3.61. The van der Waals surface area contributed by atoms with Gasteiger partial charge in [0.25, 0.3) is 5.56 Å². The number of nitrogens with one attached hydrogen (secondary N) is 1. The first-order chi connectivity index (χ1) is 13.1. The number of methoxy groups -OCH3 is 1. The van der Waals surface area contributed by atoms with E-state index < -0.39 is 0 Å². The van der Waals surface area contributed by atoms with E-state index in [4.69, 9.17) is 16.1 Å². The molecule has 0 spiro atoms. The van der Waals surface area contributed by atoms with Gasteiger partial charge in [0, 0.05) is 10.9 Å². The van der Waals surface area contributed by atoms with Crippen molar-refractivity contribution >= 4 is 33.7 Å². The van der Waals surface area contributed by atoms with Crippen LogP contribution < -0.4 is 10.3 Å². The average molecular weight is 375 g/mol. The minimum atomic E-state index is -0.181. The highest BCUT2D eigenvalue weighted by molar-refractivity contribution is 7.99. The Morgan fingerprint density at radius 3 is 2.89 bits per heavy atom. The minimum absolute atomic E-state index is 0.181. The number of thioether (sulfide) groups is 1. The lowest BCUT2D eigenvalue weighted by atomic mass is 10.2. The number of terminal acetylenes is 1. The van der Waals surface area contributed by atoms with Crippen molar-refractivity contribution in [1.29, 1.82) is 0 Å². The van der Waals surface area contributed by atoms with Crippen LogP contribution in [0.2, 0.25) is 0 Å². The van der Waals surface area contributed by atoms with Crippen molar-refractivity contribution in [2.24, 2.45) is 0 Å². The molecule has 134 valence electrons. The van der Waals surface area contributed by atoms with E-state index in [1.807, 2.05) is 49.4 Å². The molecule has 1 N–H and O–H groups in total. The molecule has 0 saturated heterocycles. The Hall–Kier alpha value is -3.17. The van der Waals surface area contributed by atoms with Crippen LogP contribution in [0, 0.1) is 19.3 Å². The molecule has 6 heteroatoms. The Morgan fingerprint density at radius 2 is 2.11 bits per heavy atom. The lowest BCUT2D eigenvalue weighted by molar-refractivity contribution is 0.411. The van der Waals surface area contributed by atoms with Crippen molar-refractivity contribution in [3.63, 3.8) is 0 Å². The lowest BCUT2D eigenvalue weighted by Crippen LogP contribution is -2.22. The van der Waals surface area contributed by atoms with Crippen LogP contribution in [0.1, 0.15) is 5.56 Å². The van der Waals surface area contributed by atoms with E-state index in [1.165, 1.54) is 11.8 Å². The molecule has 0 fully saturated rings. The first-order valence-electron chi connectivity index (χ1n) is 8.38. The Morgan fingerprint density at radius 1 is 1.30 bits per heavy atom. The van der Waals surface area contributed by atoms with Gasteiger partial charge < -0.3 is 9.72 Å². The van der Waals surface area contributed by atoms with Gasteiger partial charge in [-0.1, -0.05) is 41.9 Å². The van der Waals surface area contributed by atoms with Gasteiger partial charge in [0.2, 0.25) is 0 Å². The molecule has 4 rings (SSSR count). The molecule has 0 unspecified atom stereocenters. The van der Waals surface area contributed by atoms with Crippen LogP contribution in [0.25, 0.3) is 27.6 Å². The molecular formula is C21H17N3O2S. The van der Waals surface area contributed by atoms with E-state index in [1.54, 1.807) is 11.7 Å². The van der Waals surface area contributed by atoms with Crippen molar-refractivity contribution in [2.45, 2.75) is 12.1 Å². The van der Waals surface area contributed by atoms with Gasteiger partial charge in [0.1, 0.15) is 16.8 Å². The summed E-state index contributed by atoms with van der Waals surface area (Å²) in [6, 6.07) is 13.4. The molecule has 0 aliphatic rings. The largest absolute Gasteiger partial charge is 0.495 e. The summed E-state index contributed by atoms with van der Waals surface area (Å²) < 4.78 is 7.07. The zero-order valence-electron chi connectivity index (χ0n) is 14.9. The first-order valence-corrected chi connectivity index (χ1v) is 9.37. The smallest absolute Gasteiger partial charge is 0.283 e. The summed E-state index contributed by atoms with van der Waals surface area (Å²) in [6.07, 6.45) is 5.45. The maximum Gasteiger partial charge on any atom is 0.283 e. The summed E-state index contributed by atoms with van der Waals surface area (Å²) in [5, 5.41) is 1.45. The van der Waals surface area contributed by atoms with Gasteiger partial charge in [-0.2, -0.15) is 0 Å². The fourth-order valence-corrected chi connectivity index (χ4v) is 3.81. The fraction of sp³-hybridized carbons (Fsp3) is 0.143. The van der Waals surface area contributed by atoms with E-state index in [9.17, 15) is 4.79 Å². The van der Waals surface area contributed by atoms with Crippen LogP contribution in [-0.4, -0.2) is 27.4 Å². The number of fused-ring (bicyclic) bond motifs is 3. The number of aromatic nitrogens is 3. The fourth-order valence-electron chi connectivity index (χ4n) is 3.13. The molecule has 0 atom stereocenters. The number of H-pyrrole nitrogens is 1. The Bertz CT molecular complexity index is 1260. The van der Waals surface area contributed by atoms with E-state index in [0.29, 0.717) is 33.4 Å². The summed E-state index contributed by atoms with van der Waals surface area (Å²) in [6.45, 7) is 1.97. The molecule has 0 aliphatic heterocycles. The number of hydrogen-bond donors (Lipinski definition) is 1. The quantitative estimate of drug-likeness (QED) is 0.334. The number of aryl methyl sites for hydroxylation is 1. The van der Waals surface area contributed by atoms with Crippen molar-refractivity contribution in [2.75, 3.05) is 12.9 Å². The molecule has 2 aromatic carbocycles. The third-order valence-electron chi connectivity index (χ3n) is 4.35. The van der Waals surface area contributed by atoms with Crippen molar-refractivity contribution < 1.29 is 4.74 Å². The van der Waals surface area contributed by atoms with Gasteiger partial charge in [-0.25, -0.2) is 9.55 Å². The maximum atomic E-state index is 13.4. The summed E-state index contributed by atoms with van der Waals surface area (Å²) in [5.41, 5.74) is 3.47. The third kappa shape index (κ3) is 2.86. The lowest BCUT2D eigenvalue weighted by Gasteiger charge is -2.15. The summed E-state index contributed by atoms with van der Waals surface area (Å²) >= 11 is 1.35. The van der Waals surface area contributed by atoms with Crippen LogP contribution >= 0.6 is 11.8 Å². The normalized spacial score (nSPS) is 11.0. The number of nitrogens with zero attached hydrogens (tertiary/aromatic N) is 2. The zero-order valence-corrected chi connectivity index (χ0v) is 15.8. The Labute approximate surface area is 160 Å². The predicted octanol–water partition coefficient (Wildman–Crippen LogP) is 3.91. The Balaban J connectivity index is 2.11. The topological polar surface area (TPSA) is 59.9 Å². The molecule has 5 nitrogen and oxygen atoms in total. The minimum Gasteiger partial charge on any atom is -0.495 e. The number of para-hydroxylation sites is 1. The van der Waals surface area contributed by atoms with Gasteiger partial charge in [0.15, 0.2) is 5.16 Å². The molecule has 0 saturated carbocycles. The van der Waals surface area contributed by atoms with Gasteiger partial charge in [0.05, 0.1) is 18.6 Å². The zero-order chi connectivity index (χ0) is 19.0. The molecular weight excluding hydrogens is 358 g/mol. The molecule has 0 aliphatic carbocycles. The second-order valence-electron chi connectivity index (χ2n) is 6.10. The van der Waals surface area contributed by atoms with Crippen LogP contribution in [0.5, 0.6) is 5.75 Å². The van der Waals surface area contributed by atoms with Crippen molar-refractivity contribution in [1.82, 2.24) is 14.5 Å². The number of ether oxygens (including phenoxy) is 1. The van der Waals surface area contributed by atoms with Crippen LogP contribution in [0.3, 0.4) is 0 Å². The van der Waals surface area contributed by atoms with Gasteiger partial charge in [-0.3, -0.25) is 4.79 Å². The molecule has 0 amide bonds. The Kier molecular flexibility index (Phi) is 4.38. The highest BCUT2D eigenvalue weighted by atomic mass is 32.2. The van der Waals surface area contributed by atoms with Gasteiger partial charge in [-0.15, -0.1) is 6.42 Å². The number of benzene rings is 2. The van der Waals surface area contributed by atoms with Gasteiger partial charge in [-0.05, 0) is 30.7 Å². The molecule has 2 aromatic heterocycles. The summed E-state index contributed by atoms with van der Waals surface area (Å²) in [7, 11) is 1.59. The molecule has 4 aromatic rings. The van der Waals surface area contributed by atoms with Crippen molar-refractivity contribution in [3.8, 4) is 23.8 Å².